The molecule has 20 heavy (non-hydrogen) atoms. The van der Waals surface area contributed by atoms with E-state index in [1.165, 1.54) is 32.1 Å². The molecule has 2 aliphatic rings. The first kappa shape index (κ1) is 13.7. The first-order valence-electron chi connectivity index (χ1n) is 7.77. The largest absolute Gasteiger partial charge is 0.497 e. The first-order valence-corrected chi connectivity index (χ1v) is 7.77. The third-order valence-electron chi connectivity index (χ3n) is 4.73. The summed E-state index contributed by atoms with van der Waals surface area (Å²) in [6.07, 6.45) is 8.74. The van der Waals surface area contributed by atoms with Crippen molar-refractivity contribution in [3.8, 4) is 11.5 Å². The van der Waals surface area contributed by atoms with Crippen LogP contribution in [0.3, 0.4) is 0 Å². The summed E-state index contributed by atoms with van der Waals surface area (Å²) in [6.45, 7) is 0. The van der Waals surface area contributed by atoms with Crippen molar-refractivity contribution in [3.63, 3.8) is 0 Å². The lowest BCUT2D eigenvalue weighted by Gasteiger charge is -2.42. The molecule has 3 heteroatoms. The van der Waals surface area contributed by atoms with Crippen LogP contribution in [0.4, 0.5) is 0 Å². The van der Waals surface area contributed by atoms with Gasteiger partial charge < -0.3 is 14.6 Å². The Morgan fingerprint density at radius 1 is 1.15 bits per heavy atom. The van der Waals surface area contributed by atoms with Crippen molar-refractivity contribution in [2.24, 2.45) is 0 Å². The summed E-state index contributed by atoms with van der Waals surface area (Å²) in [5, 5.41) is 10.5. The molecule has 1 fully saturated rings. The fourth-order valence-electron chi connectivity index (χ4n) is 3.60. The summed E-state index contributed by atoms with van der Waals surface area (Å²) in [6, 6.07) is 5.75. The molecule has 110 valence electrons. The Hall–Kier alpha value is -1.22. The van der Waals surface area contributed by atoms with Crippen LogP contribution in [0.25, 0.3) is 0 Å². The van der Waals surface area contributed by atoms with E-state index in [1.54, 1.807) is 7.11 Å². The van der Waals surface area contributed by atoms with Gasteiger partial charge in [-0.15, -0.1) is 0 Å². The number of hydrogen-bond acceptors (Lipinski definition) is 3. The van der Waals surface area contributed by atoms with Gasteiger partial charge in [0.15, 0.2) is 0 Å². The molecule has 0 aromatic heterocycles. The quantitative estimate of drug-likeness (QED) is 0.842. The molecule has 1 aromatic carbocycles. The van der Waals surface area contributed by atoms with Crippen molar-refractivity contribution >= 4 is 0 Å². The molecule has 0 saturated heterocycles. The molecule has 1 saturated carbocycles. The van der Waals surface area contributed by atoms with Gasteiger partial charge in [-0.25, -0.2) is 0 Å². The second-order valence-corrected chi connectivity index (χ2v) is 6.18. The van der Waals surface area contributed by atoms with Gasteiger partial charge in [-0.2, -0.15) is 0 Å². The van der Waals surface area contributed by atoms with Gasteiger partial charge in [-0.1, -0.05) is 19.3 Å². The Bertz CT molecular complexity index is 461. The summed E-state index contributed by atoms with van der Waals surface area (Å²) in [7, 11) is 1.65. The highest BCUT2D eigenvalue weighted by molar-refractivity contribution is 5.43. The van der Waals surface area contributed by atoms with Crippen LogP contribution >= 0.6 is 0 Å². The summed E-state index contributed by atoms with van der Waals surface area (Å²) >= 11 is 0. The zero-order valence-corrected chi connectivity index (χ0v) is 12.2. The molecule has 1 unspecified atom stereocenters. The average molecular weight is 276 g/mol. The van der Waals surface area contributed by atoms with Crippen LogP contribution in [0.5, 0.6) is 11.5 Å². The molecule has 0 radical (unpaired) electrons. The maximum absolute atomic E-state index is 10.5. The van der Waals surface area contributed by atoms with Gasteiger partial charge >= 0.3 is 0 Å². The maximum atomic E-state index is 10.5. The van der Waals surface area contributed by atoms with E-state index in [0.717, 1.165) is 29.9 Å². The van der Waals surface area contributed by atoms with E-state index in [0.29, 0.717) is 6.42 Å². The average Bonchev–Trinajstić information content (AvgIpc) is 2.43. The standard InChI is InChI=1S/C17H24O3/c1-19-13-7-8-16-14(11-13)15(18)12-17(20-16)9-5-3-2-4-6-10-17/h7-8,11,15,18H,2-6,9-10,12H2,1H3. The predicted octanol–water partition coefficient (Wildman–Crippen LogP) is 3.99. The molecule has 1 aromatic rings. The predicted molar refractivity (Wildman–Crippen MR) is 78.2 cm³/mol. The molecule has 1 spiro atoms. The van der Waals surface area contributed by atoms with E-state index in [-0.39, 0.29) is 5.60 Å². The molecule has 1 N–H and O–H groups in total. The van der Waals surface area contributed by atoms with Crippen LogP contribution < -0.4 is 9.47 Å². The Morgan fingerprint density at radius 3 is 2.55 bits per heavy atom. The Kier molecular flexibility index (Phi) is 3.88. The number of methoxy groups -OCH3 is 1. The van der Waals surface area contributed by atoms with Gasteiger partial charge in [-0.3, -0.25) is 0 Å². The van der Waals surface area contributed by atoms with Gasteiger partial charge in [-0.05, 0) is 43.9 Å². The minimum absolute atomic E-state index is 0.151. The van der Waals surface area contributed by atoms with Gasteiger partial charge in [0.05, 0.1) is 13.2 Å². The number of fused-ring (bicyclic) bond motifs is 1. The van der Waals surface area contributed by atoms with Crippen molar-refractivity contribution < 1.29 is 14.6 Å². The van der Waals surface area contributed by atoms with E-state index in [2.05, 4.69) is 0 Å². The van der Waals surface area contributed by atoms with E-state index in [9.17, 15) is 5.11 Å². The minimum Gasteiger partial charge on any atom is -0.497 e. The van der Waals surface area contributed by atoms with Gasteiger partial charge in [0.1, 0.15) is 17.1 Å². The summed E-state index contributed by atoms with van der Waals surface area (Å²) in [5.74, 6) is 1.62. The number of benzene rings is 1. The van der Waals surface area contributed by atoms with Crippen molar-refractivity contribution in [1.29, 1.82) is 0 Å². The molecule has 1 aliphatic heterocycles. The molecular formula is C17H24O3. The summed E-state index contributed by atoms with van der Waals surface area (Å²) in [5.41, 5.74) is 0.721. The molecule has 3 rings (SSSR count). The monoisotopic (exact) mass is 276 g/mol. The van der Waals surface area contributed by atoms with Gasteiger partial charge in [0, 0.05) is 12.0 Å². The number of rotatable bonds is 1. The SMILES string of the molecule is COc1ccc2c(c1)C(O)CC1(CCCCCCC1)O2. The fraction of sp³-hybridized carbons (Fsp3) is 0.647. The van der Waals surface area contributed by atoms with Crippen molar-refractivity contribution in [2.45, 2.75) is 63.1 Å². The normalized spacial score (nSPS) is 25.2. The second kappa shape index (κ2) is 5.65. The van der Waals surface area contributed by atoms with Gasteiger partial charge in [0.25, 0.3) is 0 Å². The lowest BCUT2D eigenvalue weighted by Crippen LogP contribution is -2.41. The molecule has 3 nitrogen and oxygen atoms in total. The van der Waals surface area contributed by atoms with Crippen LogP contribution in [0.1, 0.15) is 63.0 Å². The lowest BCUT2D eigenvalue weighted by molar-refractivity contribution is -0.0313. The van der Waals surface area contributed by atoms with E-state index >= 15 is 0 Å². The zero-order chi connectivity index (χ0) is 14.0. The van der Waals surface area contributed by atoms with E-state index in [4.69, 9.17) is 9.47 Å². The second-order valence-electron chi connectivity index (χ2n) is 6.18. The smallest absolute Gasteiger partial charge is 0.126 e. The molecule has 1 heterocycles. The Balaban J connectivity index is 1.87. The highest BCUT2D eigenvalue weighted by Crippen LogP contribution is 2.45. The zero-order valence-electron chi connectivity index (χ0n) is 12.2. The highest BCUT2D eigenvalue weighted by atomic mass is 16.5. The minimum atomic E-state index is -0.437. The Labute approximate surface area is 120 Å². The third-order valence-corrected chi connectivity index (χ3v) is 4.73. The maximum Gasteiger partial charge on any atom is 0.126 e. The van der Waals surface area contributed by atoms with E-state index in [1.807, 2.05) is 18.2 Å². The fourth-order valence-corrected chi connectivity index (χ4v) is 3.60. The van der Waals surface area contributed by atoms with Crippen molar-refractivity contribution in [2.75, 3.05) is 7.11 Å². The number of aliphatic hydroxyl groups excluding tert-OH is 1. The van der Waals surface area contributed by atoms with Crippen molar-refractivity contribution in [3.05, 3.63) is 23.8 Å². The topological polar surface area (TPSA) is 38.7 Å². The third kappa shape index (κ3) is 2.64. The van der Waals surface area contributed by atoms with Crippen LogP contribution in [0.2, 0.25) is 0 Å². The highest BCUT2D eigenvalue weighted by Gasteiger charge is 2.40. The summed E-state index contributed by atoms with van der Waals surface area (Å²) < 4.78 is 11.6. The molecule has 1 aliphatic carbocycles. The first-order chi connectivity index (χ1) is 9.72. The summed E-state index contributed by atoms with van der Waals surface area (Å²) in [4.78, 5) is 0. The van der Waals surface area contributed by atoms with Crippen LogP contribution in [0.15, 0.2) is 18.2 Å². The van der Waals surface area contributed by atoms with Crippen LogP contribution in [-0.4, -0.2) is 17.8 Å². The molecule has 1 atom stereocenters. The number of ether oxygens (including phenoxy) is 2. The van der Waals surface area contributed by atoms with Crippen LogP contribution in [-0.2, 0) is 0 Å². The Morgan fingerprint density at radius 2 is 1.85 bits per heavy atom. The number of aliphatic hydroxyl groups is 1. The van der Waals surface area contributed by atoms with Crippen molar-refractivity contribution in [1.82, 2.24) is 0 Å². The molecule has 0 amide bonds. The molecular weight excluding hydrogens is 252 g/mol. The van der Waals surface area contributed by atoms with E-state index < -0.39 is 6.10 Å². The van der Waals surface area contributed by atoms with Gasteiger partial charge in [0.2, 0.25) is 0 Å². The lowest BCUT2D eigenvalue weighted by atomic mass is 9.79. The number of hydrogen-bond donors (Lipinski definition) is 1. The molecule has 0 bridgehead atoms. The van der Waals surface area contributed by atoms with Crippen LogP contribution in [0, 0.1) is 0 Å².